The summed E-state index contributed by atoms with van der Waals surface area (Å²) in [7, 11) is 0. The summed E-state index contributed by atoms with van der Waals surface area (Å²) in [6.07, 6.45) is 0. The van der Waals surface area contributed by atoms with Crippen molar-refractivity contribution in [3.8, 4) is 0 Å². The molecule has 1 unspecified atom stereocenters. The van der Waals surface area contributed by atoms with Gasteiger partial charge in [0.2, 0.25) is 0 Å². The Balaban J connectivity index is 2.10. The van der Waals surface area contributed by atoms with E-state index in [1.165, 1.54) is 19.7 Å². The molecule has 84 valence electrons. The van der Waals surface area contributed by atoms with Crippen LogP contribution in [0.3, 0.4) is 0 Å². The summed E-state index contributed by atoms with van der Waals surface area (Å²) in [4.78, 5) is 1.42. The molecule has 0 saturated heterocycles. The van der Waals surface area contributed by atoms with Crippen LogP contribution in [-0.4, -0.2) is 0 Å². The third kappa shape index (κ3) is 2.77. The number of rotatable bonds is 3. The molecule has 1 aromatic heterocycles. The highest BCUT2D eigenvalue weighted by molar-refractivity contribution is 14.1. The van der Waals surface area contributed by atoms with Crippen LogP contribution in [0.25, 0.3) is 0 Å². The number of anilines is 1. The molecule has 3 heteroatoms. The minimum absolute atomic E-state index is 0.375. The molecule has 0 aliphatic heterocycles. The number of benzene rings is 1. The first-order valence-corrected chi connectivity index (χ1v) is 7.19. The molecule has 0 fully saturated rings. The summed E-state index contributed by atoms with van der Waals surface area (Å²) in [5, 5.41) is 5.67. The molecule has 1 N–H and O–H groups in total. The Morgan fingerprint density at radius 1 is 1.19 bits per heavy atom. The maximum absolute atomic E-state index is 3.52. The van der Waals surface area contributed by atoms with Gasteiger partial charge < -0.3 is 5.32 Å². The first-order chi connectivity index (χ1) is 7.66. The fourth-order valence-electron chi connectivity index (χ4n) is 1.69. The number of thiophene rings is 1. The average molecular weight is 343 g/mol. The van der Waals surface area contributed by atoms with Crippen molar-refractivity contribution in [1.29, 1.82) is 0 Å². The van der Waals surface area contributed by atoms with E-state index >= 15 is 0 Å². The second kappa shape index (κ2) is 5.19. The number of aryl methyl sites for hydroxylation is 1. The van der Waals surface area contributed by atoms with E-state index in [9.17, 15) is 0 Å². The van der Waals surface area contributed by atoms with Crippen LogP contribution in [0.1, 0.15) is 23.4 Å². The minimum Gasteiger partial charge on any atom is -0.378 e. The van der Waals surface area contributed by atoms with Crippen LogP contribution < -0.4 is 5.32 Å². The number of hydrogen-bond donors (Lipinski definition) is 1. The van der Waals surface area contributed by atoms with Crippen molar-refractivity contribution in [3.63, 3.8) is 0 Å². The molecule has 1 heterocycles. The van der Waals surface area contributed by atoms with Gasteiger partial charge in [-0.25, -0.2) is 0 Å². The van der Waals surface area contributed by atoms with E-state index in [1.807, 2.05) is 11.3 Å². The average Bonchev–Trinajstić information content (AvgIpc) is 2.68. The quantitative estimate of drug-likeness (QED) is 0.787. The second-order valence-corrected chi connectivity index (χ2v) is 6.03. The van der Waals surface area contributed by atoms with E-state index < -0.39 is 0 Å². The molecule has 16 heavy (non-hydrogen) atoms. The highest BCUT2D eigenvalue weighted by Gasteiger charge is 2.09. The van der Waals surface area contributed by atoms with Gasteiger partial charge in [-0.2, -0.15) is 0 Å². The van der Waals surface area contributed by atoms with Crippen molar-refractivity contribution in [3.05, 3.63) is 49.7 Å². The van der Waals surface area contributed by atoms with Crippen molar-refractivity contribution in [2.75, 3.05) is 5.32 Å². The molecular weight excluding hydrogens is 329 g/mol. The van der Waals surface area contributed by atoms with Crippen LogP contribution in [0, 0.1) is 10.5 Å². The zero-order chi connectivity index (χ0) is 11.5. The zero-order valence-electron chi connectivity index (χ0n) is 9.33. The molecular formula is C13H14INS. The first kappa shape index (κ1) is 11.9. The van der Waals surface area contributed by atoms with E-state index in [-0.39, 0.29) is 0 Å². The third-order valence-corrected chi connectivity index (χ3v) is 4.44. The predicted molar refractivity (Wildman–Crippen MR) is 80.3 cm³/mol. The topological polar surface area (TPSA) is 12.0 Å². The minimum atomic E-state index is 0.375. The Morgan fingerprint density at radius 2 is 1.88 bits per heavy atom. The standard InChI is InChI=1S/C13H14INS/c1-9-7-8-16-13(9)10(2)15-12-5-3-11(14)4-6-12/h3-8,10,15H,1-2H3. The van der Waals surface area contributed by atoms with Crippen LogP contribution in [-0.2, 0) is 0 Å². The summed E-state index contributed by atoms with van der Waals surface area (Å²) in [6, 6.07) is 11.0. The van der Waals surface area contributed by atoms with Gasteiger partial charge in [-0.1, -0.05) is 0 Å². The Kier molecular flexibility index (Phi) is 3.86. The molecule has 0 amide bonds. The molecule has 0 radical (unpaired) electrons. The van der Waals surface area contributed by atoms with Crippen molar-refractivity contribution < 1.29 is 0 Å². The third-order valence-electron chi connectivity index (χ3n) is 2.52. The van der Waals surface area contributed by atoms with E-state index in [1.54, 1.807) is 0 Å². The lowest BCUT2D eigenvalue weighted by Gasteiger charge is -2.15. The van der Waals surface area contributed by atoms with Gasteiger partial charge in [0.05, 0.1) is 6.04 Å². The normalized spacial score (nSPS) is 12.4. The lowest BCUT2D eigenvalue weighted by molar-refractivity contribution is 0.899. The Morgan fingerprint density at radius 3 is 2.44 bits per heavy atom. The summed E-state index contributed by atoms with van der Waals surface area (Å²) in [6.45, 7) is 4.37. The Bertz CT molecular complexity index is 461. The molecule has 2 aromatic rings. The van der Waals surface area contributed by atoms with Gasteiger partial charge in [0.15, 0.2) is 0 Å². The van der Waals surface area contributed by atoms with Crippen molar-refractivity contribution >= 4 is 39.6 Å². The maximum Gasteiger partial charge on any atom is 0.0581 e. The largest absolute Gasteiger partial charge is 0.378 e. The molecule has 1 atom stereocenters. The lowest BCUT2D eigenvalue weighted by atomic mass is 10.2. The lowest BCUT2D eigenvalue weighted by Crippen LogP contribution is -2.05. The van der Waals surface area contributed by atoms with Crippen molar-refractivity contribution in [2.24, 2.45) is 0 Å². The predicted octanol–water partition coefficient (Wildman–Crippen LogP) is 4.83. The Labute approximate surface area is 114 Å². The molecule has 1 aromatic carbocycles. The van der Waals surface area contributed by atoms with E-state index in [0.29, 0.717) is 6.04 Å². The number of nitrogens with one attached hydrogen (secondary N) is 1. The molecule has 1 nitrogen and oxygen atoms in total. The summed E-state index contributed by atoms with van der Waals surface area (Å²) < 4.78 is 1.27. The highest BCUT2D eigenvalue weighted by atomic mass is 127. The molecule has 0 saturated carbocycles. The zero-order valence-corrected chi connectivity index (χ0v) is 12.3. The molecule has 0 aliphatic rings. The summed E-state index contributed by atoms with van der Waals surface area (Å²) in [5.74, 6) is 0. The Hall–Kier alpha value is -0.550. The van der Waals surface area contributed by atoms with Crippen molar-refractivity contribution in [2.45, 2.75) is 19.9 Å². The molecule has 0 bridgehead atoms. The SMILES string of the molecule is Cc1ccsc1C(C)Nc1ccc(I)cc1. The van der Waals surface area contributed by atoms with Gasteiger partial charge >= 0.3 is 0 Å². The van der Waals surface area contributed by atoms with Gasteiger partial charge in [0, 0.05) is 14.1 Å². The molecule has 2 rings (SSSR count). The van der Waals surface area contributed by atoms with Gasteiger partial charge in [-0.05, 0) is 77.7 Å². The van der Waals surface area contributed by atoms with Gasteiger partial charge in [-0.15, -0.1) is 11.3 Å². The van der Waals surface area contributed by atoms with Crippen LogP contribution >= 0.6 is 33.9 Å². The smallest absolute Gasteiger partial charge is 0.0581 e. The molecule has 0 spiro atoms. The van der Waals surface area contributed by atoms with Crippen LogP contribution in [0.5, 0.6) is 0 Å². The fraction of sp³-hybridized carbons (Fsp3) is 0.231. The van der Waals surface area contributed by atoms with Gasteiger partial charge in [-0.3, -0.25) is 0 Å². The number of hydrogen-bond acceptors (Lipinski definition) is 2. The van der Waals surface area contributed by atoms with Crippen LogP contribution in [0.2, 0.25) is 0 Å². The van der Waals surface area contributed by atoms with Gasteiger partial charge in [0.1, 0.15) is 0 Å². The van der Waals surface area contributed by atoms with E-state index in [4.69, 9.17) is 0 Å². The highest BCUT2D eigenvalue weighted by Crippen LogP contribution is 2.26. The summed E-state index contributed by atoms with van der Waals surface area (Å²) >= 11 is 4.14. The number of halogens is 1. The van der Waals surface area contributed by atoms with Crippen molar-refractivity contribution in [1.82, 2.24) is 0 Å². The van der Waals surface area contributed by atoms with Crippen LogP contribution in [0.15, 0.2) is 35.7 Å². The van der Waals surface area contributed by atoms with Gasteiger partial charge in [0.25, 0.3) is 0 Å². The first-order valence-electron chi connectivity index (χ1n) is 5.23. The van der Waals surface area contributed by atoms with E-state index in [0.717, 1.165) is 0 Å². The van der Waals surface area contributed by atoms with Crippen LogP contribution in [0.4, 0.5) is 5.69 Å². The van der Waals surface area contributed by atoms with E-state index in [2.05, 4.69) is 77.5 Å². The monoisotopic (exact) mass is 343 g/mol. The summed E-state index contributed by atoms with van der Waals surface area (Å²) in [5.41, 5.74) is 2.55. The molecule has 0 aliphatic carbocycles. The second-order valence-electron chi connectivity index (χ2n) is 3.84. The fourth-order valence-corrected chi connectivity index (χ4v) is 2.99. The maximum atomic E-state index is 3.52.